The zero-order valence-electron chi connectivity index (χ0n) is 6.17. The van der Waals surface area contributed by atoms with Crippen molar-refractivity contribution in [3.63, 3.8) is 0 Å². The zero-order valence-corrected chi connectivity index (χ0v) is 9.95. The standard InChI is InChI=1S/C6H9Cl5/c1-5(2,8)4(7)3-6(9,10)11/h4H,3H2,1-2H3. The normalized spacial score (nSPS) is 16.6. The third-order valence-electron chi connectivity index (χ3n) is 1.16. The van der Waals surface area contributed by atoms with Crippen LogP contribution in [-0.4, -0.2) is 14.0 Å². The van der Waals surface area contributed by atoms with E-state index in [0.29, 0.717) is 0 Å². The monoisotopic (exact) mass is 256 g/mol. The van der Waals surface area contributed by atoms with Crippen molar-refractivity contribution in [3.05, 3.63) is 0 Å². The van der Waals surface area contributed by atoms with Crippen LogP contribution in [0.3, 0.4) is 0 Å². The summed E-state index contributed by atoms with van der Waals surface area (Å²) in [5.74, 6) is 0. The van der Waals surface area contributed by atoms with Crippen molar-refractivity contribution in [2.45, 2.75) is 34.3 Å². The summed E-state index contributed by atoms with van der Waals surface area (Å²) in [6.07, 6.45) is 0.246. The predicted molar refractivity (Wildman–Crippen MR) is 54.5 cm³/mol. The Balaban J connectivity index is 3.99. The summed E-state index contributed by atoms with van der Waals surface area (Å²) >= 11 is 28.3. The maximum Gasteiger partial charge on any atom is 0.192 e. The molecule has 1 unspecified atom stereocenters. The lowest BCUT2D eigenvalue weighted by molar-refractivity contribution is 0.607. The number of alkyl halides is 5. The average Bonchev–Trinajstić information content (AvgIpc) is 1.56. The van der Waals surface area contributed by atoms with Crippen LogP contribution >= 0.6 is 58.0 Å². The highest BCUT2D eigenvalue weighted by Gasteiger charge is 2.32. The molecule has 0 spiro atoms. The molecule has 0 aromatic heterocycles. The van der Waals surface area contributed by atoms with Crippen molar-refractivity contribution in [3.8, 4) is 0 Å². The van der Waals surface area contributed by atoms with E-state index in [4.69, 9.17) is 58.0 Å². The van der Waals surface area contributed by atoms with E-state index < -0.39 is 8.67 Å². The summed E-state index contributed by atoms with van der Waals surface area (Å²) in [7, 11) is 0. The lowest BCUT2D eigenvalue weighted by Crippen LogP contribution is -2.29. The number of rotatable bonds is 2. The van der Waals surface area contributed by atoms with Crippen molar-refractivity contribution < 1.29 is 0 Å². The molecule has 0 heterocycles. The molecule has 0 rings (SSSR count). The second kappa shape index (κ2) is 4.11. The molecule has 0 nitrogen and oxygen atoms in total. The van der Waals surface area contributed by atoms with Gasteiger partial charge in [0.25, 0.3) is 0 Å². The van der Waals surface area contributed by atoms with E-state index in [1.807, 2.05) is 0 Å². The fraction of sp³-hybridized carbons (Fsp3) is 1.00. The largest absolute Gasteiger partial charge is 0.192 e. The van der Waals surface area contributed by atoms with E-state index in [9.17, 15) is 0 Å². The lowest BCUT2D eigenvalue weighted by atomic mass is 10.1. The fourth-order valence-electron chi connectivity index (χ4n) is 0.446. The van der Waals surface area contributed by atoms with Crippen LogP contribution in [0.25, 0.3) is 0 Å². The molecule has 0 aliphatic rings. The molecule has 0 amide bonds. The van der Waals surface area contributed by atoms with E-state index in [-0.39, 0.29) is 11.8 Å². The number of hydrogen-bond donors (Lipinski definition) is 0. The van der Waals surface area contributed by atoms with Crippen LogP contribution in [0.15, 0.2) is 0 Å². The molecule has 0 aliphatic heterocycles. The second-order valence-electron chi connectivity index (χ2n) is 2.85. The minimum atomic E-state index is -1.32. The van der Waals surface area contributed by atoms with E-state index in [1.54, 1.807) is 13.8 Å². The van der Waals surface area contributed by atoms with Crippen LogP contribution < -0.4 is 0 Å². The van der Waals surface area contributed by atoms with Gasteiger partial charge in [0.1, 0.15) is 0 Å². The maximum absolute atomic E-state index is 5.88. The van der Waals surface area contributed by atoms with Crippen LogP contribution in [0, 0.1) is 0 Å². The van der Waals surface area contributed by atoms with Crippen LogP contribution in [-0.2, 0) is 0 Å². The molecule has 0 fully saturated rings. The average molecular weight is 258 g/mol. The Hall–Kier alpha value is 1.45. The molecular formula is C6H9Cl5. The summed E-state index contributed by atoms with van der Waals surface area (Å²) in [4.78, 5) is -0.550. The first-order valence-electron chi connectivity index (χ1n) is 3.02. The van der Waals surface area contributed by atoms with Crippen LogP contribution in [0.1, 0.15) is 20.3 Å². The molecule has 0 bridgehead atoms. The van der Waals surface area contributed by atoms with E-state index in [1.165, 1.54) is 0 Å². The van der Waals surface area contributed by atoms with Gasteiger partial charge in [0, 0.05) is 6.42 Å². The highest BCUT2D eigenvalue weighted by atomic mass is 35.6. The summed E-state index contributed by atoms with van der Waals surface area (Å²) in [5.41, 5.74) is 0. The molecule has 68 valence electrons. The Kier molecular flexibility index (Phi) is 4.65. The molecule has 1 atom stereocenters. The molecule has 0 aromatic rings. The lowest BCUT2D eigenvalue weighted by Gasteiger charge is -2.25. The third-order valence-corrected chi connectivity index (χ3v) is 2.69. The second-order valence-corrected chi connectivity index (χ2v) is 6.87. The first-order valence-corrected chi connectivity index (χ1v) is 4.97. The minimum absolute atomic E-state index is 0.246. The topological polar surface area (TPSA) is 0 Å². The maximum atomic E-state index is 5.88. The van der Waals surface area contributed by atoms with Crippen molar-refractivity contribution in [1.29, 1.82) is 0 Å². The quantitative estimate of drug-likeness (QED) is 0.645. The summed E-state index contributed by atoms with van der Waals surface area (Å²) in [5, 5.41) is -0.350. The Morgan fingerprint density at radius 3 is 1.55 bits per heavy atom. The van der Waals surface area contributed by atoms with Crippen LogP contribution in [0.2, 0.25) is 0 Å². The Morgan fingerprint density at radius 2 is 1.45 bits per heavy atom. The van der Waals surface area contributed by atoms with Gasteiger partial charge in [-0.25, -0.2) is 0 Å². The highest BCUT2D eigenvalue weighted by molar-refractivity contribution is 6.67. The first kappa shape index (κ1) is 12.4. The highest BCUT2D eigenvalue weighted by Crippen LogP contribution is 2.37. The molecule has 5 heteroatoms. The van der Waals surface area contributed by atoms with Gasteiger partial charge in [0.2, 0.25) is 0 Å². The van der Waals surface area contributed by atoms with Crippen molar-refractivity contribution in [2.75, 3.05) is 0 Å². The first-order chi connectivity index (χ1) is 4.63. The molecule has 0 aromatic carbocycles. The van der Waals surface area contributed by atoms with Gasteiger partial charge >= 0.3 is 0 Å². The van der Waals surface area contributed by atoms with E-state index >= 15 is 0 Å². The van der Waals surface area contributed by atoms with Gasteiger partial charge in [0.15, 0.2) is 3.79 Å². The molecule has 0 radical (unpaired) electrons. The molecule has 0 saturated heterocycles. The van der Waals surface area contributed by atoms with Crippen molar-refractivity contribution in [2.24, 2.45) is 0 Å². The molecule has 11 heavy (non-hydrogen) atoms. The summed E-state index contributed by atoms with van der Waals surface area (Å²) < 4.78 is -1.32. The minimum Gasteiger partial charge on any atom is -0.121 e. The van der Waals surface area contributed by atoms with Crippen molar-refractivity contribution in [1.82, 2.24) is 0 Å². The molecule has 0 saturated carbocycles. The van der Waals surface area contributed by atoms with Crippen molar-refractivity contribution >= 4 is 58.0 Å². The number of hydrogen-bond acceptors (Lipinski definition) is 0. The zero-order chi connectivity index (χ0) is 9.28. The van der Waals surface area contributed by atoms with Crippen LogP contribution in [0.4, 0.5) is 0 Å². The van der Waals surface area contributed by atoms with E-state index in [0.717, 1.165) is 0 Å². The van der Waals surface area contributed by atoms with Gasteiger partial charge in [-0.15, -0.1) is 23.2 Å². The Labute approximate surface area is 92.1 Å². The van der Waals surface area contributed by atoms with Gasteiger partial charge in [0.05, 0.1) is 10.3 Å². The Bertz CT molecular complexity index is 120. The molecular weight excluding hydrogens is 249 g/mol. The molecule has 0 aliphatic carbocycles. The van der Waals surface area contributed by atoms with Crippen LogP contribution in [0.5, 0.6) is 0 Å². The fourth-order valence-corrected chi connectivity index (χ4v) is 1.45. The van der Waals surface area contributed by atoms with Gasteiger partial charge in [-0.3, -0.25) is 0 Å². The predicted octanol–water partition coefficient (Wildman–Crippen LogP) is 4.37. The number of halogens is 5. The van der Waals surface area contributed by atoms with Gasteiger partial charge < -0.3 is 0 Å². The SMILES string of the molecule is CC(C)(Cl)C(Cl)CC(Cl)(Cl)Cl. The Morgan fingerprint density at radius 1 is 1.09 bits per heavy atom. The van der Waals surface area contributed by atoms with Gasteiger partial charge in [-0.05, 0) is 13.8 Å². The van der Waals surface area contributed by atoms with Gasteiger partial charge in [-0.2, -0.15) is 0 Å². The smallest absolute Gasteiger partial charge is 0.121 e. The molecule has 0 N–H and O–H groups in total. The van der Waals surface area contributed by atoms with Gasteiger partial charge in [-0.1, -0.05) is 34.8 Å². The van der Waals surface area contributed by atoms with E-state index in [2.05, 4.69) is 0 Å². The summed E-state index contributed by atoms with van der Waals surface area (Å²) in [6, 6.07) is 0. The third kappa shape index (κ3) is 6.60. The summed E-state index contributed by atoms with van der Waals surface area (Å²) in [6.45, 7) is 3.56.